The van der Waals surface area contributed by atoms with Gasteiger partial charge in [-0.1, -0.05) is 43.2 Å². The van der Waals surface area contributed by atoms with Crippen molar-refractivity contribution in [1.82, 2.24) is 10.3 Å². The lowest BCUT2D eigenvalue weighted by atomic mass is 9.85. The zero-order chi connectivity index (χ0) is 17.1. The quantitative estimate of drug-likeness (QED) is 0.386. The number of thiazole rings is 1. The van der Waals surface area contributed by atoms with Gasteiger partial charge in [-0.15, -0.1) is 35.3 Å². The molecule has 2 aliphatic rings. The predicted molar refractivity (Wildman–Crippen MR) is 119 cm³/mol. The van der Waals surface area contributed by atoms with Crippen LogP contribution in [0, 0.1) is 0 Å². The molecule has 1 saturated carbocycles. The lowest BCUT2D eigenvalue weighted by Crippen LogP contribution is -2.38. The predicted octanol–water partition coefficient (Wildman–Crippen LogP) is 4.38. The van der Waals surface area contributed by atoms with Gasteiger partial charge < -0.3 is 11.1 Å². The van der Waals surface area contributed by atoms with E-state index in [0.29, 0.717) is 24.5 Å². The Morgan fingerprint density at radius 3 is 2.73 bits per heavy atom. The maximum atomic E-state index is 6.04. The van der Waals surface area contributed by atoms with Gasteiger partial charge >= 0.3 is 0 Å². The summed E-state index contributed by atoms with van der Waals surface area (Å²) in [4.78, 5) is 10.8. The van der Waals surface area contributed by atoms with E-state index in [4.69, 9.17) is 10.7 Å². The summed E-state index contributed by atoms with van der Waals surface area (Å²) in [5.74, 6) is 1.20. The number of benzene rings is 1. The van der Waals surface area contributed by atoms with Crippen LogP contribution in [0.2, 0.25) is 0 Å². The van der Waals surface area contributed by atoms with E-state index in [1.807, 2.05) is 11.3 Å². The summed E-state index contributed by atoms with van der Waals surface area (Å²) in [5.41, 5.74) is 8.77. The third-order valence-corrected chi connectivity index (χ3v) is 6.45. The first-order chi connectivity index (χ1) is 12.3. The fourth-order valence-corrected chi connectivity index (χ4v) is 5.10. The van der Waals surface area contributed by atoms with Crippen molar-refractivity contribution < 1.29 is 0 Å². The molecule has 0 aliphatic heterocycles. The third-order valence-electron chi connectivity index (χ3n) is 5.35. The maximum Gasteiger partial charge on any atom is 0.189 e. The van der Waals surface area contributed by atoms with E-state index in [-0.39, 0.29) is 24.0 Å². The molecule has 1 unspecified atom stereocenters. The monoisotopic (exact) mass is 482 g/mol. The number of hydrogen-bond donors (Lipinski definition) is 2. The lowest BCUT2D eigenvalue weighted by Gasteiger charge is -2.21. The Morgan fingerprint density at radius 1 is 1.19 bits per heavy atom. The van der Waals surface area contributed by atoms with Crippen molar-refractivity contribution in [1.29, 1.82) is 0 Å². The fraction of sp³-hybridized carbons (Fsp3) is 0.500. The number of hydrogen-bond acceptors (Lipinski definition) is 3. The van der Waals surface area contributed by atoms with Gasteiger partial charge in [-0.3, -0.25) is 0 Å². The summed E-state index contributed by atoms with van der Waals surface area (Å²) in [5, 5.41) is 4.44. The second-order valence-corrected chi connectivity index (χ2v) is 8.32. The largest absolute Gasteiger partial charge is 0.370 e. The molecule has 1 aromatic heterocycles. The number of aliphatic imine (C=N–C) groups is 1. The highest BCUT2D eigenvalue weighted by molar-refractivity contribution is 14.0. The van der Waals surface area contributed by atoms with Gasteiger partial charge in [0.05, 0.1) is 12.2 Å². The number of rotatable bonds is 4. The minimum absolute atomic E-state index is 0. The summed E-state index contributed by atoms with van der Waals surface area (Å²) in [7, 11) is 0. The molecule has 3 N–H and O–H groups in total. The molecular weight excluding hydrogens is 455 g/mol. The summed E-state index contributed by atoms with van der Waals surface area (Å²) in [6.45, 7) is 0.596. The highest BCUT2D eigenvalue weighted by atomic mass is 127. The molecule has 0 radical (unpaired) electrons. The van der Waals surface area contributed by atoms with Crippen LogP contribution in [0.15, 0.2) is 35.3 Å². The molecule has 26 heavy (non-hydrogen) atoms. The third kappa shape index (κ3) is 4.76. The van der Waals surface area contributed by atoms with E-state index >= 15 is 0 Å². The van der Waals surface area contributed by atoms with Gasteiger partial charge in [0.25, 0.3) is 0 Å². The summed E-state index contributed by atoms with van der Waals surface area (Å²) >= 11 is 1.82. The van der Waals surface area contributed by atoms with Crippen LogP contribution in [0.4, 0.5) is 0 Å². The van der Waals surface area contributed by atoms with E-state index in [1.54, 1.807) is 0 Å². The van der Waals surface area contributed by atoms with E-state index < -0.39 is 0 Å². The molecule has 140 valence electrons. The average Bonchev–Trinajstić information content (AvgIpc) is 3.29. The van der Waals surface area contributed by atoms with E-state index in [1.165, 1.54) is 48.2 Å². The van der Waals surface area contributed by atoms with Gasteiger partial charge in [0.15, 0.2) is 5.96 Å². The van der Waals surface area contributed by atoms with Crippen molar-refractivity contribution in [2.45, 2.75) is 63.5 Å². The maximum absolute atomic E-state index is 6.04. The molecular formula is C20H27IN4S. The van der Waals surface area contributed by atoms with E-state index in [2.05, 4.69) is 40.6 Å². The van der Waals surface area contributed by atoms with Crippen LogP contribution in [-0.2, 0) is 19.4 Å². The van der Waals surface area contributed by atoms with Gasteiger partial charge in [0.1, 0.15) is 5.01 Å². The number of nitrogens with two attached hydrogens (primary N) is 1. The van der Waals surface area contributed by atoms with Crippen LogP contribution in [0.25, 0.3) is 0 Å². The molecule has 1 aromatic carbocycles. The average molecular weight is 482 g/mol. The van der Waals surface area contributed by atoms with Gasteiger partial charge in [-0.25, -0.2) is 9.98 Å². The Labute approximate surface area is 176 Å². The molecule has 4 rings (SSSR count). The molecule has 1 heterocycles. The van der Waals surface area contributed by atoms with E-state index in [9.17, 15) is 0 Å². The number of nitrogens with zero attached hydrogens (tertiary/aromatic N) is 2. The molecule has 0 bridgehead atoms. The van der Waals surface area contributed by atoms with Crippen molar-refractivity contribution in [3.8, 4) is 0 Å². The second kappa shape index (κ2) is 9.17. The number of aromatic nitrogens is 1. The Balaban J connectivity index is 0.00000196. The first kappa shape index (κ1) is 19.6. The van der Waals surface area contributed by atoms with Crippen molar-refractivity contribution in [3.63, 3.8) is 0 Å². The van der Waals surface area contributed by atoms with Crippen LogP contribution >= 0.6 is 35.3 Å². The van der Waals surface area contributed by atoms with Gasteiger partial charge in [0, 0.05) is 10.9 Å². The van der Waals surface area contributed by atoms with Crippen LogP contribution in [0.5, 0.6) is 0 Å². The Morgan fingerprint density at radius 2 is 1.96 bits per heavy atom. The SMILES string of the molecule is I.NC(=NCc1nc2c(s1)CC(c1ccccc1)CC2)NC1CCCC1. The summed E-state index contributed by atoms with van der Waals surface area (Å²) < 4.78 is 0. The standard InChI is InChI=1S/C20H26N4S.HI/c21-20(23-16-8-4-5-9-16)22-13-19-24-17-11-10-15(12-18(17)25-19)14-6-2-1-3-7-14;/h1-3,6-7,15-16H,4-5,8-13H2,(H3,21,22,23);1H. The zero-order valence-corrected chi connectivity index (χ0v) is 18.1. The lowest BCUT2D eigenvalue weighted by molar-refractivity contribution is 0.584. The molecule has 0 saturated heterocycles. The highest BCUT2D eigenvalue weighted by Crippen LogP contribution is 2.35. The second-order valence-electron chi connectivity index (χ2n) is 7.16. The van der Waals surface area contributed by atoms with Crippen LogP contribution < -0.4 is 11.1 Å². The van der Waals surface area contributed by atoms with E-state index in [0.717, 1.165) is 17.8 Å². The molecule has 1 atom stereocenters. The highest BCUT2D eigenvalue weighted by Gasteiger charge is 2.23. The molecule has 4 nitrogen and oxygen atoms in total. The molecule has 2 aromatic rings. The zero-order valence-electron chi connectivity index (χ0n) is 15.0. The number of halogens is 1. The summed E-state index contributed by atoms with van der Waals surface area (Å²) in [6.07, 6.45) is 8.39. The molecule has 0 spiro atoms. The van der Waals surface area contributed by atoms with Gasteiger partial charge in [0.2, 0.25) is 0 Å². The Hall–Kier alpha value is -1.15. The first-order valence-electron chi connectivity index (χ1n) is 9.37. The Bertz CT molecular complexity index is 738. The van der Waals surface area contributed by atoms with Crippen molar-refractivity contribution in [3.05, 3.63) is 51.5 Å². The van der Waals surface area contributed by atoms with Crippen molar-refractivity contribution >= 4 is 41.3 Å². The minimum atomic E-state index is 0. The van der Waals surface area contributed by atoms with Crippen LogP contribution in [0.1, 0.15) is 59.2 Å². The molecule has 0 amide bonds. The number of fused-ring (bicyclic) bond motifs is 1. The minimum Gasteiger partial charge on any atom is -0.370 e. The number of guanidine groups is 1. The van der Waals surface area contributed by atoms with Crippen LogP contribution in [0.3, 0.4) is 0 Å². The molecule has 6 heteroatoms. The van der Waals surface area contributed by atoms with Crippen LogP contribution in [-0.4, -0.2) is 17.0 Å². The van der Waals surface area contributed by atoms with Crippen molar-refractivity contribution in [2.75, 3.05) is 0 Å². The smallest absolute Gasteiger partial charge is 0.189 e. The topological polar surface area (TPSA) is 63.3 Å². The first-order valence-corrected chi connectivity index (χ1v) is 10.2. The number of nitrogens with one attached hydrogen (secondary N) is 1. The number of aryl methyl sites for hydroxylation is 1. The fourth-order valence-electron chi connectivity index (χ4n) is 3.98. The Kier molecular flexibility index (Phi) is 6.92. The van der Waals surface area contributed by atoms with Gasteiger partial charge in [-0.05, 0) is 43.6 Å². The van der Waals surface area contributed by atoms with Crippen molar-refractivity contribution in [2.24, 2.45) is 10.7 Å². The summed E-state index contributed by atoms with van der Waals surface area (Å²) in [6, 6.07) is 11.4. The molecule has 2 aliphatic carbocycles. The van der Waals surface area contributed by atoms with Gasteiger partial charge in [-0.2, -0.15) is 0 Å². The normalized spacial score (nSPS) is 20.5. The molecule has 1 fully saturated rings.